The number of carbonyl (C=O) groups is 2. The maximum absolute atomic E-state index is 12.0. The van der Waals surface area contributed by atoms with E-state index in [2.05, 4.69) is 5.32 Å². The van der Waals surface area contributed by atoms with Crippen LogP contribution in [-0.2, 0) is 9.59 Å². The Hall–Kier alpha value is -1.08. The van der Waals surface area contributed by atoms with Crippen molar-refractivity contribution in [1.29, 1.82) is 0 Å². The fourth-order valence-electron chi connectivity index (χ4n) is 2.10. The number of piperidine rings is 1. The van der Waals surface area contributed by atoms with Crippen molar-refractivity contribution in [3.8, 4) is 0 Å². The third-order valence-corrected chi connectivity index (χ3v) is 3.30. The summed E-state index contributed by atoms with van der Waals surface area (Å²) in [5, 5.41) is 21.1. The lowest BCUT2D eigenvalue weighted by Crippen LogP contribution is -2.54. The van der Waals surface area contributed by atoms with Crippen molar-refractivity contribution >= 4 is 18.9 Å². The summed E-state index contributed by atoms with van der Waals surface area (Å²) in [7, 11) is -1.53. The predicted molar refractivity (Wildman–Crippen MR) is 72.0 cm³/mol. The highest BCUT2D eigenvalue weighted by Crippen LogP contribution is 2.18. The molecule has 0 aromatic rings. The van der Waals surface area contributed by atoms with Gasteiger partial charge < -0.3 is 20.3 Å². The largest absolute Gasteiger partial charge is 0.475 e. The molecule has 7 heteroatoms. The summed E-state index contributed by atoms with van der Waals surface area (Å²) in [6.45, 7) is 5.72. The van der Waals surface area contributed by atoms with E-state index in [0.29, 0.717) is 13.0 Å². The molecule has 19 heavy (non-hydrogen) atoms. The quantitative estimate of drug-likeness (QED) is 0.605. The number of amides is 2. The molecule has 1 atom stereocenters. The second-order valence-electron chi connectivity index (χ2n) is 6.00. The SMILES string of the molecule is CC(C)(C)C(=O)NCC(=O)N1CCCCC1B(O)O. The minimum absolute atomic E-state index is 0.0979. The number of hydrogen-bond acceptors (Lipinski definition) is 4. The van der Waals surface area contributed by atoms with E-state index < -0.39 is 18.5 Å². The Bertz CT molecular complexity index is 341. The van der Waals surface area contributed by atoms with Crippen molar-refractivity contribution in [1.82, 2.24) is 10.2 Å². The van der Waals surface area contributed by atoms with Crippen molar-refractivity contribution < 1.29 is 19.6 Å². The second kappa shape index (κ2) is 6.39. The molecule has 2 amide bonds. The van der Waals surface area contributed by atoms with Crippen LogP contribution in [0, 0.1) is 5.41 Å². The zero-order valence-corrected chi connectivity index (χ0v) is 11.8. The van der Waals surface area contributed by atoms with Gasteiger partial charge in [-0.25, -0.2) is 0 Å². The molecule has 1 fully saturated rings. The molecule has 6 nitrogen and oxygen atoms in total. The zero-order valence-electron chi connectivity index (χ0n) is 11.8. The normalized spacial score (nSPS) is 20.1. The highest BCUT2D eigenvalue weighted by molar-refractivity contribution is 6.43. The van der Waals surface area contributed by atoms with Crippen LogP contribution >= 0.6 is 0 Å². The summed E-state index contributed by atoms with van der Waals surface area (Å²) < 4.78 is 0. The molecule has 0 spiro atoms. The minimum Gasteiger partial charge on any atom is -0.426 e. The van der Waals surface area contributed by atoms with E-state index in [1.807, 2.05) is 0 Å². The Morgan fingerprint density at radius 2 is 1.95 bits per heavy atom. The highest BCUT2D eigenvalue weighted by Gasteiger charge is 2.35. The van der Waals surface area contributed by atoms with Gasteiger partial charge in [-0.1, -0.05) is 27.2 Å². The topological polar surface area (TPSA) is 89.9 Å². The van der Waals surface area contributed by atoms with Gasteiger partial charge >= 0.3 is 7.12 Å². The summed E-state index contributed by atoms with van der Waals surface area (Å²) >= 11 is 0. The van der Waals surface area contributed by atoms with Gasteiger partial charge in [0, 0.05) is 12.0 Å². The summed E-state index contributed by atoms with van der Waals surface area (Å²) in [6.07, 6.45) is 2.30. The maximum Gasteiger partial charge on any atom is 0.475 e. The van der Waals surface area contributed by atoms with Crippen LogP contribution in [0.1, 0.15) is 40.0 Å². The van der Waals surface area contributed by atoms with Crippen LogP contribution in [-0.4, -0.2) is 52.9 Å². The molecule has 0 aromatic heterocycles. The Morgan fingerprint density at radius 1 is 1.32 bits per heavy atom. The van der Waals surface area contributed by atoms with E-state index >= 15 is 0 Å². The Balaban J connectivity index is 2.54. The van der Waals surface area contributed by atoms with Gasteiger partial charge in [-0.05, 0) is 12.8 Å². The first kappa shape index (κ1) is 16.0. The lowest BCUT2D eigenvalue weighted by molar-refractivity contribution is -0.136. The van der Waals surface area contributed by atoms with Crippen molar-refractivity contribution in [2.24, 2.45) is 5.41 Å². The molecule has 0 aromatic carbocycles. The lowest BCUT2D eigenvalue weighted by Gasteiger charge is -2.35. The van der Waals surface area contributed by atoms with Crippen LogP contribution in [0.5, 0.6) is 0 Å². The van der Waals surface area contributed by atoms with Gasteiger partial charge in [-0.3, -0.25) is 9.59 Å². The molecular formula is C12H23BN2O4. The monoisotopic (exact) mass is 270 g/mol. The average molecular weight is 270 g/mol. The average Bonchev–Trinajstić information content (AvgIpc) is 2.34. The molecule has 1 heterocycles. The van der Waals surface area contributed by atoms with E-state index in [1.54, 1.807) is 20.8 Å². The van der Waals surface area contributed by atoms with Gasteiger partial charge in [-0.2, -0.15) is 0 Å². The number of carbonyl (C=O) groups excluding carboxylic acids is 2. The summed E-state index contributed by atoms with van der Waals surface area (Å²) in [5.74, 6) is -1.03. The van der Waals surface area contributed by atoms with Gasteiger partial charge in [0.25, 0.3) is 0 Å². The summed E-state index contributed by atoms with van der Waals surface area (Å²) in [4.78, 5) is 25.2. The van der Waals surface area contributed by atoms with Crippen LogP contribution in [0.15, 0.2) is 0 Å². The second-order valence-corrected chi connectivity index (χ2v) is 6.00. The highest BCUT2D eigenvalue weighted by atomic mass is 16.4. The smallest absolute Gasteiger partial charge is 0.426 e. The lowest BCUT2D eigenvalue weighted by atomic mass is 9.73. The van der Waals surface area contributed by atoms with E-state index in [4.69, 9.17) is 0 Å². The Labute approximate surface area is 114 Å². The van der Waals surface area contributed by atoms with Crippen molar-refractivity contribution in [3.05, 3.63) is 0 Å². The molecule has 108 valence electrons. The molecule has 0 radical (unpaired) electrons. The molecule has 1 rings (SSSR count). The minimum atomic E-state index is -1.53. The van der Waals surface area contributed by atoms with Gasteiger partial charge in [-0.15, -0.1) is 0 Å². The number of nitrogens with zero attached hydrogens (tertiary/aromatic N) is 1. The molecule has 0 saturated carbocycles. The van der Waals surface area contributed by atoms with E-state index in [-0.39, 0.29) is 18.4 Å². The summed E-state index contributed by atoms with van der Waals surface area (Å²) in [5.41, 5.74) is -0.544. The third kappa shape index (κ3) is 4.51. The van der Waals surface area contributed by atoms with Crippen molar-refractivity contribution in [2.45, 2.75) is 46.0 Å². The van der Waals surface area contributed by atoms with Crippen LogP contribution in [0.3, 0.4) is 0 Å². The third-order valence-electron chi connectivity index (χ3n) is 3.30. The Kier molecular flexibility index (Phi) is 5.37. The van der Waals surface area contributed by atoms with Crippen molar-refractivity contribution in [2.75, 3.05) is 13.1 Å². The first-order valence-electron chi connectivity index (χ1n) is 6.67. The van der Waals surface area contributed by atoms with E-state index in [9.17, 15) is 19.6 Å². The number of likely N-dealkylation sites (tertiary alicyclic amines) is 1. The van der Waals surface area contributed by atoms with E-state index in [1.165, 1.54) is 4.90 Å². The standard InChI is InChI=1S/C12H23BN2O4/c1-12(2,3)11(17)14-8-10(16)15-7-5-4-6-9(15)13(18)19/h9,18-19H,4-8H2,1-3H3,(H,14,17). The zero-order chi connectivity index (χ0) is 14.6. The van der Waals surface area contributed by atoms with Gasteiger partial charge in [0.2, 0.25) is 11.8 Å². The van der Waals surface area contributed by atoms with Crippen LogP contribution < -0.4 is 5.32 Å². The molecule has 1 aliphatic heterocycles. The van der Waals surface area contributed by atoms with Crippen LogP contribution in [0.25, 0.3) is 0 Å². The van der Waals surface area contributed by atoms with Gasteiger partial charge in [0.05, 0.1) is 12.5 Å². The first-order chi connectivity index (χ1) is 8.73. The molecule has 3 N–H and O–H groups in total. The molecule has 0 aliphatic carbocycles. The fourth-order valence-corrected chi connectivity index (χ4v) is 2.10. The maximum atomic E-state index is 12.0. The van der Waals surface area contributed by atoms with Crippen molar-refractivity contribution in [3.63, 3.8) is 0 Å². The predicted octanol–water partition coefficient (Wildman–Crippen LogP) is -0.458. The molecule has 1 unspecified atom stereocenters. The van der Waals surface area contributed by atoms with Gasteiger partial charge in [0.15, 0.2) is 0 Å². The van der Waals surface area contributed by atoms with E-state index in [0.717, 1.165) is 12.8 Å². The summed E-state index contributed by atoms with van der Waals surface area (Å²) in [6, 6.07) is 0. The molecule has 0 bridgehead atoms. The number of rotatable bonds is 3. The van der Waals surface area contributed by atoms with Crippen LogP contribution in [0.2, 0.25) is 0 Å². The number of hydrogen-bond donors (Lipinski definition) is 3. The molecule has 1 aliphatic rings. The fraction of sp³-hybridized carbons (Fsp3) is 0.833. The van der Waals surface area contributed by atoms with Crippen LogP contribution in [0.4, 0.5) is 0 Å². The Morgan fingerprint density at radius 3 is 2.47 bits per heavy atom. The molecular weight excluding hydrogens is 247 g/mol. The van der Waals surface area contributed by atoms with Gasteiger partial charge in [0.1, 0.15) is 0 Å². The number of nitrogens with one attached hydrogen (secondary N) is 1. The first-order valence-corrected chi connectivity index (χ1v) is 6.67. The molecule has 1 saturated heterocycles.